The number of nitrogen functional groups attached to an aromatic ring is 1. The van der Waals surface area contributed by atoms with Crippen LogP contribution in [-0.4, -0.2) is 28.0 Å². The molecule has 0 saturated carbocycles. The van der Waals surface area contributed by atoms with E-state index in [1.54, 1.807) is 0 Å². The molecular formula is C17H22N6O2. The van der Waals surface area contributed by atoms with Crippen molar-refractivity contribution in [3.8, 4) is 0 Å². The summed E-state index contributed by atoms with van der Waals surface area (Å²) in [5, 5.41) is 14.4. The van der Waals surface area contributed by atoms with Gasteiger partial charge in [0.2, 0.25) is 17.6 Å². The number of piperidine rings is 1. The van der Waals surface area contributed by atoms with Crippen LogP contribution in [0.3, 0.4) is 0 Å². The molecule has 0 atom stereocenters. The maximum atomic E-state index is 11.4. The van der Waals surface area contributed by atoms with Gasteiger partial charge in [0.25, 0.3) is 0 Å². The van der Waals surface area contributed by atoms with Crippen molar-refractivity contribution in [3.63, 3.8) is 0 Å². The van der Waals surface area contributed by atoms with Crippen LogP contribution in [-0.2, 0) is 0 Å². The molecule has 1 aromatic carbocycles. The van der Waals surface area contributed by atoms with Gasteiger partial charge in [-0.2, -0.15) is 9.97 Å². The number of anilines is 4. The highest BCUT2D eigenvalue weighted by Gasteiger charge is 2.26. The second-order valence-corrected chi connectivity index (χ2v) is 6.52. The van der Waals surface area contributed by atoms with Crippen molar-refractivity contribution in [3.05, 3.63) is 39.9 Å². The number of hydrogen-bond donors (Lipinski definition) is 2. The molecule has 0 amide bonds. The molecule has 2 aromatic rings. The molecule has 1 aliphatic rings. The maximum Gasteiger partial charge on any atom is 0.353 e. The van der Waals surface area contributed by atoms with Crippen molar-refractivity contribution in [1.29, 1.82) is 0 Å². The highest BCUT2D eigenvalue weighted by molar-refractivity contribution is 5.74. The molecule has 2 heterocycles. The van der Waals surface area contributed by atoms with Gasteiger partial charge in [0, 0.05) is 18.8 Å². The lowest BCUT2D eigenvalue weighted by Gasteiger charge is -2.30. The first-order valence-corrected chi connectivity index (χ1v) is 8.34. The molecular weight excluding hydrogens is 320 g/mol. The van der Waals surface area contributed by atoms with Crippen molar-refractivity contribution in [2.45, 2.75) is 26.7 Å². The summed E-state index contributed by atoms with van der Waals surface area (Å²) in [6, 6.07) is 7.54. The molecule has 0 aliphatic carbocycles. The molecule has 0 unspecified atom stereocenters. The first kappa shape index (κ1) is 16.9. The van der Waals surface area contributed by atoms with E-state index in [0.717, 1.165) is 31.5 Å². The van der Waals surface area contributed by atoms with Crippen molar-refractivity contribution >= 4 is 29.0 Å². The average molecular weight is 342 g/mol. The van der Waals surface area contributed by atoms with Gasteiger partial charge >= 0.3 is 5.69 Å². The van der Waals surface area contributed by atoms with Gasteiger partial charge in [0.15, 0.2) is 0 Å². The molecule has 1 aromatic heterocycles. The Bertz CT molecular complexity index is 769. The fraction of sp³-hybridized carbons (Fsp3) is 0.412. The molecule has 3 N–H and O–H groups in total. The van der Waals surface area contributed by atoms with Crippen molar-refractivity contribution in [2.24, 2.45) is 5.92 Å². The van der Waals surface area contributed by atoms with E-state index in [2.05, 4.69) is 22.2 Å². The summed E-state index contributed by atoms with van der Waals surface area (Å²) in [5.41, 5.74) is 7.39. The van der Waals surface area contributed by atoms with Crippen molar-refractivity contribution in [1.82, 2.24) is 9.97 Å². The molecule has 8 heteroatoms. The third-order valence-electron chi connectivity index (χ3n) is 4.46. The van der Waals surface area contributed by atoms with Crippen LogP contribution in [0.2, 0.25) is 0 Å². The standard InChI is InChI=1S/C17H22N6O2/c1-11-3-5-13(6-4-11)19-16-14(23(24)25)15(18)20-17(21-16)22-9-7-12(2)8-10-22/h3-6,12H,7-10H2,1-2H3,(H3,18,19,20,21). The van der Waals surface area contributed by atoms with Crippen molar-refractivity contribution < 1.29 is 4.92 Å². The van der Waals surface area contributed by atoms with Crippen LogP contribution >= 0.6 is 0 Å². The van der Waals surface area contributed by atoms with E-state index in [-0.39, 0.29) is 17.3 Å². The first-order valence-electron chi connectivity index (χ1n) is 8.34. The number of benzene rings is 1. The molecule has 132 valence electrons. The molecule has 0 bridgehead atoms. The van der Waals surface area contributed by atoms with E-state index >= 15 is 0 Å². The Morgan fingerprint density at radius 2 is 1.88 bits per heavy atom. The predicted molar refractivity (Wildman–Crippen MR) is 98.2 cm³/mol. The lowest BCUT2D eigenvalue weighted by atomic mass is 10.00. The fourth-order valence-corrected chi connectivity index (χ4v) is 2.85. The monoisotopic (exact) mass is 342 g/mol. The van der Waals surface area contributed by atoms with E-state index < -0.39 is 4.92 Å². The second kappa shape index (κ2) is 6.92. The summed E-state index contributed by atoms with van der Waals surface area (Å²) >= 11 is 0. The predicted octanol–water partition coefficient (Wildman–Crippen LogP) is 3.26. The highest BCUT2D eigenvalue weighted by atomic mass is 16.6. The van der Waals surface area contributed by atoms with Crippen LogP contribution in [0.25, 0.3) is 0 Å². The number of hydrogen-bond acceptors (Lipinski definition) is 7. The third kappa shape index (κ3) is 3.78. The summed E-state index contributed by atoms with van der Waals surface area (Å²) < 4.78 is 0. The topological polar surface area (TPSA) is 110 Å². The first-order chi connectivity index (χ1) is 11.9. The average Bonchev–Trinajstić information content (AvgIpc) is 2.57. The number of aryl methyl sites for hydroxylation is 1. The smallest absolute Gasteiger partial charge is 0.353 e. The van der Waals surface area contributed by atoms with Crippen LogP contribution < -0.4 is 16.0 Å². The van der Waals surface area contributed by atoms with Gasteiger partial charge in [-0.1, -0.05) is 24.6 Å². The Kier molecular flexibility index (Phi) is 4.69. The molecule has 1 fully saturated rings. The SMILES string of the molecule is Cc1ccc(Nc2nc(N3CCC(C)CC3)nc(N)c2[N+](=O)[O-])cc1. The minimum atomic E-state index is -0.548. The molecule has 0 radical (unpaired) electrons. The van der Waals surface area contributed by atoms with Crippen molar-refractivity contribution in [2.75, 3.05) is 29.0 Å². The number of nitrogens with two attached hydrogens (primary N) is 1. The number of rotatable bonds is 4. The zero-order valence-electron chi connectivity index (χ0n) is 14.4. The van der Waals surface area contributed by atoms with Crippen LogP contribution in [0.1, 0.15) is 25.3 Å². The Morgan fingerprint density at radius 3 is 2.48 bits per heavy atom. The fourth-order valence-electron chi connectivity index (χ4n) is 2.85. The molecule has 1 aliphatic heterocycles. The van der Waals surface area contributed by atoms with E-state index in [9.17, 15) is 10.1 Å². The summed E-state index contributed by atoms with van der Waals surface area (Å²) in [6.07, 6.45) is 2.09. The maximum absolute atomic E-state index is 11.4. The third-order valence-corrected chi connectivity index (χ3v) is 4.46. The Morgan fingerprint density at radius 1 is 1.24 bits per heavy atom. The van der Waals surface area contributed by atoms with Gasteiger partial charge in [0.1, 0.15) is 0 Å². The molecule has 25 heavy (non-hydrogen) atoms. The zero-order valence-corrected chi connectivity index (χ0v) is 14.4. The zero-order chi connectivity index (χ0) is 18.0. The lowest BCUT2D eigenvalue weighted by Crippen LogP contribution is -2.34. The number of nitrogens with one attached hydrogen (secondary N) is 1. The number of nitro groups is 1. The molecule has 1 saturated heterocycles. The van der Waals surface area contributed by atoms with Crippen LogP contribution in [0, 0.1) is 23.0 Å². The van der Waals surface area contributed by atoms with Gasteiger partial charge in [0.05, 0.1) is 4.92 Å². The molecule has 3 rings (SSSR count). The highest BCUT2D eigenvalue weighted by Crippen LogP contribution is 2.33. The molecule has 0 spiro atoms. The summed E-state index contributed by atoms with van der Waals surface area (Å²) in [5.74, 6) is 1.10. The van der Waals surface area contributed by atoms with E-state index in [4.69, 9.17) is 5.73 Å². The van der Waals surface area contributed by atoms with Gasteiger partial charge < -0.3 is 16.0 Å². The minimum absolute atomic E-state index is 0.120. The van der Waals surface area contributed by atoms with Gasteiger partial charge in [-0.15, -0.1) is 0 Å². The molecule has 8 nitrogen and oxygen atoms in total. The summed E-state index contributed by atoms with van der Waals surface area (Å²) in [6.45, 7) is 5.84. The van der Waals surface area contributed by atoms with Crippen LogP contribution in [0.4, 0.5) is 29.0 Å². The quantitative estimate of drug-likeness (QED) is 0.648. The van der Waals surface area contributed by atoms with Gasteiger partial charge in [-0.3, -0.25) is 10.1 Å². The second-order valence-electron chi connectivity index (χ2n) is 6.52. The van der Waals surface area contributed by atoms with Crippen LogP contribution in [0.5, 0.6) is 0 Å². The van der Waals surface area contributed by atoms with Gasteiger partial charge in [-0.05, 0) is 37.8 Å². The van der Waals surface area contributed by atoms with E-state index in [1.165, 1.54) is 0 Å². The lowest BCUT2D eigenvalue weighted by molar-refractivity contribution is -0.383. The van der Waals surface area contributed by atoms with Gasteiger partial charge in [-0.25, -0.2) is 0 Å². The summed E-state index contributed by atoms with van der Waals surface area (Å²) in [4.78, 5) is 21.5. The largest absolute Gasteiger partial charge is 0.378 e. The van der Waals surface area contributed by atoms with E-state index in [0.29, 0.717) is 17.6 Å². The Labute approximate surface area is 146 Å². The Hall–Kier alpha value is -2.90. The Balaban J connectivity index is 1.95. The normalized spacial score (nSPS) is 15.2. The minimum Gasteiger partial charge on any atom is -0.378 e. The summed E-state index contributed by atoms with van der Waals surface area (Å²) in [7, 11) is 0. The van der Waals surface area contributed by atoms with Crippen LogP contribution in [0.15, 0.2) is 24.3 Å². The number of aromatic nitrogens is 2. The van der Waals surface area contributed by atoms with E-state index in [1.807, 2.05) is 36.1 Å². The number of nitrogens with zero attached hydrogens (tertiary/aromatic N) is 4.